The Morgan fingerprint density at radius 1 is 1.46 bits per heavy atom. The first-order valence-corrected chi connectivity index (χ1v) is 10.3. The molecule has 0 aromatic carbocycles. The van der Waals surface area contributed by atoms with Crippen LogP contribution in [0.1, 0.15) is 21.2 Å². The van der Waals surface area contributed by atoms with Gasteiger partial charge < -0.3 is 4.90 Å². The molecule has 0 fully saturated rings. The maximum absolute atomic E-state index is 12.7. The Labute approximate surface area is 144 Å². The van der Waals surface area contributed by atoms with Crippen molar-refractivity contribution in [2.24, 2.45) is 5.92 Å². The molecular formula is C14H19N5O3S2. The van der Waals surface area contributed by atoms with Crippen molar-refractivity contribution in [1.29, 1.82) is 0 Å². The van der Waals surface area contributed by atoms with Gasteiger partial charge in [0.2, 0.25) is 10.0 Å². The Hall–Kier alpha value is -1.78. The van der Waals surface area contributed by atoms with Gasteiger partial charge in [-0.2, -0.15) is 5.10 Å². The molecule has 0 unspecified atom stereocenters. The van der Waals surface area contributed by atoms with Gasteiger partial charge in [0, 0.05) is 37.1 Å². The van der Waals surface area contributed by atoms with Crippen LogP contribution in [0.4, 0.5) is 0 Å². The van der Waals surface area contributed by atoms with E-state index in [-0.39, 0.29) is 18.4 Å². The predicted octanol–water partition coefficient (Wildman–Crippen LogP) is 0.469. The number of hydrogen-bond acceptors (Lipinski definition) is 6. The van der Waals surface area contributed by atoms with E-state index in [1.807, 2.05) is 17.7 Å². The number of sulfonamides is 1. The standard InChI is InChI=1S/C14H19N5O3S2/c1-10-17-13(9-23-10)14(20)18-6-11(5-16-24(2,21)22)7-19-12(8-18)3-4-15-19/h3-4,9,11,16H,5-8H2,1-2H3/t11-/m1/s1. The second-order valence-electron chi connectivity index (χ2n) is 5.93. The lowest BCUT2D eigenvalue weighted by Crippen LogP contribution is -2.38. The Balaban J connectivity index is 1.82. The van der Waals surface area contributed by atoms with Crippen LogP contribution in [-0.2, 0) is 23.1 Å². The molecule has 24 heavy (non-hydrogen) atoms. The van der Waals surface area contributed by atoms with Crippen molar-refractivity contribution >= 4 is 27.3 Å². The third-order valence-corrected chi connectivity index (χ3v) is 5.29. The summed E-state index contributed by atoms with van der Waals surface area (Å²) in [6, 6.07) is 1.87. The van der Waals surface area contributed by atoms with Crippen LogP contribution in [0.3, 0.4) is 0 Å². The van der Waals surface area contributed by atoms with Crippen LogP contribution in [0.2, 0.25) is 0 Å². The molecule has 2 aromatic rings. The van der Waals surface area contributed by atoms with E-state index in [0.29, 0.717) is 25.3 Å². The Kier molecular flexibility index (Phi) is 4.70. The summed E-state index contributed by atoms with van der Waals surface area (Å²) < 4.78 is 27.1. The lowest BCUT2D eigenvalue weighted by atomic mass is 10.1. The van der Waals surface area contributed by atoms with Gasteiger partial charge in [-0.05, 0) is 13.0 Å². The molecule has 10 heteroatoms. The van der Waals surface area contributed by atoms with Gasteiger partial charge in [-0.1, -0.05) is 0 Å². The molecule has 1 atom stereocenters. The number of amides is 1. The molecule has 3 rings (SSSR count). The summed E-state index contributed by atoms with van der Waals surface area (Å²) in [6.45, 7) is 3.56. The summed E-state index contributed by atoms with van der Waals surface area (Å²) in [7, 11) is -3.28. The van der Waals surface area contributed by atoms with Gasteiger partial charge in [0.1, 0.15) is 5.69 Å². The number of fused-ring (bicyclic) bond motifs is 1. The zero-order chi connectivity index (χ0) is 17.3. The van der Waals surface area contributed by atoms with Crippen LogP contribution >= 0.6 is 11.3 Å². The molecule has 1 aliphatic rings. The number of aromatic nitrogens is 3. The van der Waals surface area contributed by atoms with Crippen molar-refractivity contribution in [2.45, 2.75) is 20.0 Å². The molecule has 3 heterocycles. The number of nitrogens with one attached hydrogen (secondary N) is 1. The summed E-state index contributed by atoms with van der Waals surface area (Å²) in [5.74, 6) is -0.206. The number of hydrogen-bond donors (Lipinski definition) is 1. The highest BCUT2D eigenvalue weighted by molar-refractivity contribution is 7.88. The fourth-order valence-corrected chi connectivity index (χ4v) is 3.83. The number of rotatable bonds is 4. The summed E-state index contributed by atoms with van der Waals surface area (Å²) in [6.07, 6.45) is 2.82. The van der Waals surface area contributed by atoms with Crippen LogP contribution in [0, 0.1) is 12.8 Å². The second-order valence-corrected chi connectivity index (χ2v) is 8.82. The largest absolute Gasteiger partial charge is 0.331 e. The highest BCUT2D eigenvalue weighted by atomic mass is 32.2. The first kappa shape index (κ1) is 17.1. The Morgan fingerprint density at radius 2 is 2.25 bits per heavy atom. The molecule has 0 saturated carbocycles. The van der Waals surface area contributed by atoms with Crippen molar-refractivity contribution < 1.29 is 13.2 Å². The van der Waals surface area contributed by atoms with Crippen molar-refractivity contribution in [3.8, 4) is 0 Å². The van der Waals surface area contributed by atoms with Gasteiger partial charge in [-0.3, -0.25) is 9.48 Å². The highest BCUT2D eigenvalue weighted by Gasteiger charge is 2.27. The van der Waals surface area contributed by atoms with E-state index in [4.69, 9.17) is 0 Å². The number of carbonyl (C=O) groups is 1. The zero-order valence-corrected chi connectivity index (χ0v) is 15.1. The summed E-state index contributed by atoms with van der Waals surface area (Å²) in [5.41, 5.74) is 1.36. The first-order chi connectivity index (χ1) is 11.3. The number of aryl methyl sites for hydroxylation is 1. The molecule has 0 radical (unpaired) electrons. The second kappa shape index (κ2) is 6.61. The summed E-state index contributed by atoms with van der Waals surface area (Å²) in [4.78, 5) is 18.7. The monoisotopic (exact) mass is 369 g/mol. The van der Waals surface area contributed by atoms with E-state index in [1.54, 1.807) is 16.5 Å². The van der Waals surface area contributed by atoms with E-state index in [0.717, 1.165) is 17.0 Å². The SMILES string of the molecule is Cc1nc(C(=O)N2Cc3ccnn3C[C@H](CNS(C)(=O)=O)C2)cs1. The molecule has 1 N–H and O–H groups in total. The average Bonchev–Trinajstić information content (AvgIpc) is 3.08. The maximum atomic E-state index is 12.7. The molecule has 1 amide bonds. The zero-order valence-electron chi connectivity index (χ0n) is 13.5. The van der Waals surface area contributed by atoms with Crippen LogP contribution in [0.15, 0.2) is 17.6 Å². The van der Waals surface area contributed by atoms with Gasteiger partial charge in [-0.25, -0.2) is 18.1 Å². The number of carbonyl (C=O) groups excluding carboxylic acids is 1. The third-order valence-electron chi connectivity index (χ3n) is 3.83. The average molecular weight is 369 g/mol. The van der Waals surface area contributed by atoms with Gasteiger partial charge >= 0.3 is 0 Å². The predicted molar refractivity (Wildman–Crippen MR) is 90.2 cm³/mol. The van der Waals surface area contributed by atoms with Crippen molar-refractivity contribution in [2.75, 3.05) is 19.3 Å². The van der Waals surface area contributed by atoms with Crippen molar-refractivity contribution in [3.63, 3.8) is 0 Å². The van der Waals surface area contributed by atoms with Crippen LogP contribution in [0.25, 0.3) is 0 Å². The highest BCUT2D eigenvalue weighted by Crippen LogP contribution is 2.19. The van der Waals surface area contributed by atoms with E-state index in [2.05, 4.69) is 14.8 Å². The van der Waals surface area contributed by atoms with Gasteiger partial charge in [0.05, 0.1) is 23.5 Å². The van der Waals surface area contributed by atoms with E-state index >= 15 is 0 Å². The smallest absolute Gasteiger partial charge is 0.273 e. The van der Waals surface area contributed by atoms with E-state index < -0.39 is 10.0 Å². The Morgan fingerprint density at radius 3 is 2.92 bits per heavy atom. The number of nitrogens with zero attached hydrogens (tertiary/aromatic N) is 4. The minimum absolute atomic E-state index is 0.0652. The maximum Gasteiger partial charge on any atom is 0.273 e. The van der Waals surface area contributed by atoms with Gasteiger partial charge in [0.25, 0.3) is 5.91 Å². The molecule has 0 saturated heterocycles. The van der Waals surface area contributed by atoms with Crippen molar-refractivity contribution in [1.82, 2.24) is 24.4 Å². The van der Waals surface area contributed by atoms with E-state index in [9.17, 15) is 13.2 Å². The third kappa shape index (κ3) is 4.00. The minimum Gasteiger partial charge on any atom is -0.331 e. The van der Waals surface area contributed by atoms with Gasteiger partial charge in [-0.15, -0.1) is 11.3 Å². The summed E-state index contributed by atoms with van der Waals surface area (Å²) in [5, 5.41) is 6.86. The minimum atomic E-state index is -3.28. The molecule has 130 valence electrons. The molecule has 8 nitrogen and oxygen atoms in total. The molecule has 0 aliphatic carbocycles. The summed E-state index contributed by atoms with van der Waals surface area (Å²) >= 11 is 1.44. The Bertz CT molecular complexity index is 842. The lowest BCUT2D eigenvalue weighted by Gasteiger charge is -2.23. The molecule has 0 bridgehead atoms. The lowest BCUT2D eigenvalue weighted by molar-refractivity contribution is 0.0717. The fourth-order valence-electron chi connectivity index (χ4n) is 2.71. The molecule has 2 aromatic heterocycles. The molecule has 0 spiro atoms. The first-order valence-electron chi connectivity index (χ1n) is 7.48. The topological polar surface area (TPSA) is 97.2 Å². The van der Waals surface area contributed by atoms with Crippen LogP contribution < -0.4 is 4.72 Å². The van der Waals surface area contributed by atoms with Crippen LogP contribution in [-0.4, -0.2) is 53.3 Å². The van der Waals surface area contributed by atoms with Crippen LogP contribution in [0.5, 0.6) is 0 Å². The molecule has 1 aliphatic heterocycles. The van der Waals surface area contributed by atoms with Crippen molar-refractivity contribution in [3.05, 3.63) is 34.0 Å². The van der Waals surface area contributed by atoms with E-state index in [1.165, 1.54) is 11.3 Å². The van der Waals surface area contributed by atoms with Gasteiger partial charge in [0.15, 0.2) is 0 Å². The normalized spacial score (nSPS) is 18.2. The quantitative estimate of drug-likeness (QED) is 0.845. The number of thiazole rings is 1. The fraction of sp³-hybridized carbons (Fsp3) is 0.500. The molecular weight excluding hydrogens is 350 g/mol.